The lowest BCUT2D eigenvalue weighted by molar-refractivity contribution is -0.141. The molecule has 0 bridgehead atoms. The van der Waals surface area contributed by atoms with Crippen molar-refractivity contribution in [1.82, 2.24) is 10.2 Å². The van der Waals surface area contributed by atoms with Gasteiger partial charge in [-0.3, -0.25) is 13.9 Å². The van der Waals surface area contributed by atoms with Gasteiger partial charge in [0.15, 0.2) is 0 Å². The van der Waals surface area contributed by atoms with Crippen LogP contribution in [0.25, 0.3) is 0 Å². The first-order valence-electron chi connectivity index (χ1n) is 11.8. The van der Waals surface area contributed by atoms with Crippen molar-refractivity contribution in [2.75, 3.05) is 23.7 Å². The van der Waals surface area contributed by atoms with Gasteiger partial charge < -0.3 is 10.2 Å². The van der Waals surface area contributed by atoms with Crippen LogP contribution >= 0.6 is 0 Å². The summed E-state index contributed by atoms with van der Waals surface area (Å²) >= 11 is 0. The van der Waals surface area contributed by atoms with Gasteiger partial charge in [0, 0.05) is 26.1 Å². The molecule has 0 aliphatic carbocycles. The van der Waals surface area contributed by atoms with E-state index in [2.05, 4.69) is 5.32 Å². The molecule has 0 saturated carbocycles. The SMILES string of the molecule is CCNC(=O)[C@@H](CC)N(Cc1ccc(F)cc1)C(=O)CCCN(c1ccc(C)c(C)c1)S(C)(=O)=O. The van der Waals surface area contributed by atoms with Crippen LogP contribution in [0.3, 0.4) is 0 Å². The smallest absolute Gasteiger partial charge is 0.242 e. The summed E-state index contributed by atoms with van der Waals surface area (Å²) in [4.78, 5) is 27.5. The molecule has 0 saturated heterocycles. The average molecular weight is 506 g/mol. The Labute approximate surface area is 208 Å². The van der Waals surface area contributed by atoms with Gasteiger partial charge in [-0.25, -0.2) is 12.8 Å². The van der Waals surface area contributed by atoms with Crippen molar-refractivity contribution in [2.45, 2.75) is 59.5 Å². The number of carbonyl (C=O) groups excluding carboxylic acids is 2. The third kappa shape index (κ3) is 8.06. The number of amides is 2. The van der Waals surface area contributed by atoms with Crippen LogP contribution in [0.5, 0.6) is 0 Å². The highest BCUT2D eigenvalue weighted by Gasteiger charge is 2.28. The molecule has 0 aliphatic rings. The summed E-state index contributed by atoms with van der Waals surface area (Å²) < 4.78 is 39.6. The molecule has 35 heavy (non-hydrogen) atoms. The monoisotopic (exact) mass is 505 g/mol. The molecule has 192 valence electrons. The number of nitrogens with zero attached hydrogens (tertiary/aromatic N) is 2. The van der Waals surface area contributed by atoms with Crippen LogP contribution < -0.4 is 9.62 Å². The van der Waals surface area contributed by atoms with E-state index in [4.69, 9.17) is 0 Å². The first-order valence-corrected chi connectivity index (χ1v) is 13.7. The number of aryl methyl sites for hydroxylation is 2. The van der Waals surface area contributed by atoms with Crippen LogP contribution in [0.1, 0.15) is 49.8 Å². The van der Waals surface area contributed by atoms with E-state index < -0.39 is 16.1 Å². The second kappa shape index (κ2) is 12.7. The third-order valence-electron chi connectivity index (χ3n) is 5.93. The molecule has 0 unspecified atom stereocenters. The Balaban J connectivity index is 2.21. The molecule has 1 N–H and O–H groups in total. The summed E-state index contributed by atoms with van der Waals surface area (Å²) in [6.45, 7) is 8.24. The number of hydrogen-bond donors (Lipinski definition) is 1. The average Bonchev–Trinajstić information content (AvgIpc) is 2.79. The number of carbonyl (C=O) groups is 2. The lowest BCUT2D eigenvalue weighted by Gasteiger charge is -2.31. The molecule has 2 rings (SSSR count). The van der Waals surface area contributed by atoms with Crippen LogP contribution in [0, 0.1) is 19.7 Å². The molecule has 2 amide bonds. The van der Waals surface area contributed by atoms with Gasteiger partial charge >= 0.3 is 0 Å². The number of sulfonamides is 1. The van der Waals surface area contributed by atoms with Crippen molar-refractivity contribution >= 4 is 27.5 Å². The molecule has 1 atom stereocenters. The second-order valence-corrected chi connectivity index (χ2v) is 10.6. The zero-order valence-electron chi connectivity index (χ0n) is 21.2. The maximum atomic E-state index is 13.4. The predicted octanol–water partition coefficient (Wildman–Crippen LogP) is 3.93. The Morgan fingerprint density at radius 1 is 1.03 bits per heavy atom. The Morgan fingerprint density at radius 2 is 1.69 bits per heavy atom. The zero-order chi connectivity index (χ0) is 26.2. The number of anilines is 1. The Morgan fingerprint density at radius 3 is 2.23 bits per heavy atom. The van der Waals surface area contributed by atoms with Crippen molar-refractivity contribution < 1.29 is 22.4 Å². The largest absolute Gasteiger partial charge is 0.355 e. The quantitative estimate of drug-likeness (QED) is 0.474. The topological polar surface area (TPSA) is 86.8 Å². The predicted molar refractivity (Wildman–Crippen MR) is 137 cm³/mol. The normalized spacial score (nSPS) is 12.2. The van der Waals surface area contributed by atoms with Gasteiger partial charge in [0.1, 0.15) is 11.9 Å². The molecule has 9 heteroatoms. The number of benzene rings is 2. The van der Waals surface area contributed by atoms with Crippen molar-refractivity contribution in [3.8, 4) is 0 Å². The molecular weight excluding hydrogens is 469 g/mol. The van der Waals surface area contributed by atoms with Crippen molar-refractivity contribution in [3.63, 3.8) is 0 Å². The third-order valence-corrected chi connectivity index (χ3v) is 7.13. The van der Waals surface area contributed by atoms with Gasteiger partial charge in [0.25, 0.3) is 0 Å². The first kappa shape index (κ1) is 28.3. The molecule has 0 heterocycles. The molecule has 0 fully saturated rings. The number of halogens is 1. The van der Waals surface area contributed by atoms with E-state index >= 15 is 0 Å². The van der Waals surface area contributed by atoms with Gasteiger partial charge in [-0.2, -0.15) is 0 Å². The lowest BCUT2D eigenvalue weighted by atomic mass is 10.1. The maximum Gasteiger partial charge on any atom is 0.242 e. The Kier molecular flexibility index (Phi) is 10.2. The second-order valence-electron chi connectivity index (χ2n) is 8.67. The molecular formula is C26H36FN3O4S. The minimum atomic E-state index is -3.55. The molecule has 0 radical (unpaired) electrons. The molecule has 2 aromatic rings. The first-order chi connectivity index (χ1) is 16.5. The van der Waals surface area contributed by atoms with Crippen LogP contribution in [-0.4, -0.2) is 50.5 Å². The van der Waals surface area contributed by atoms with Gasteiger partial charge in [0.05, 0.1) is 11.9 Å². The molecule has 0 aliphatic heterocycles. The van der Waals surface area contributed by atoms with Gasteiger partial charge in [-0.1, -0.05) is 25.1 Å². The minimum absolute atomic E-state index is 0.0635. The van der Waals surface area contributed by atoms with E-state index in [9.17, 15) is 22.4 Å². The fourth-order valence-electron chi connectivity index (χ4n) is 3.88. The van der Waals surface area contributed by atoms with Crippen molar-refractivity contribution in [2.24, 2.45) is 0 Å². The maximum absolute atomic E-state index is 13.4. The Bertz CT molecular complexity index is 1120. The Hall–Kier alpha value is -2.94. The summed E-state index contributed by atoms with van der Waals surface area (Å²) in [5.74, 6) is -0.895. The summed E-state index contributed by atoms with van der Waals surface area (Å²) in [5, 5.41) is 2.77. The van der Waals surface area contributed by atoms with Crippen LogP contribution in [0.4, 0.5) is 10.1 Å². The molecule has 2 aromatic carbocycles. The van der Waals surface area contributed by atoms with Crippen LogP contribution in [-0.2, 0) is 26.2 Å². The van der Waals surface area contributed by atoms with Gasteiger partial charge in [-0.15, -0.1) is 0 Å². The fraction of sp³-hybridized carbons (Fsp3) is 0.462. The van der Waals surface area contributed by atoms with Crippen LogP contribution in [0.15, 0.2) is 42.5 Å². The fourth-order valence-corrected chi connectivity index (χ4v) is 4.84. The highest BCUT2D eigenvalue weighted by atomic mass is 32.2. The van der Waals surface area contributed by atoms with Crippen LogP contribution in [0.2, 0.25) is 0 Å². The molecule has 7 nitrogen and oxygen atoms in total. The molecule has 0 aromatic heterocycles. The number of hydrogen-bond acceptors (Lipinski definition) is 4. The van der Waals surface area contributed by atoms with E-state index in [1.165, 1.54) is 21.3 Å². The zero-order valence-corrected chi connectivity index (χ0v) is 22.0. The number of nitrogens with one attached hydrogen (secondary N) is 1. The lowest BCUT2D eigenvalue weighted by Crippen LogP contribution is -2.49. The summed E-state index contributed by atoms with van der Waals surface area (Å²) in [6, 6.07) is 10.6. The minimum Gasteiger partial charge on any atom is -0.355 e. The van der Waals surface area contributed by atoms with Gasteiger partial charge in [0.2, 0.25) is 21.8 Å². The summed E-state index contributed by atoms with van der Waals surface area (Å²) in [7, 11) is -3.55. The van der Waals surface area contributed by atoms with Gasteiger partial charge in [-0.05, 0) is 74.6 Å². The highest BCUT2D eigenvalue weighted by Crippen LogP contribution is 2.22. The van der Waals surface area contributed by atoms with Crippen molar-refractivity contribution in [3.05, 3.63) is 65.0 Å². The summed E-state index contributed by atoms with van der Waals surface area (Å²) in [5.41, 5.74) is 3.30. The van der Waals surface area contributed by atoms with Crippen molar-refractivity contribution in [1.29, 1.82) is 0 Å². The standard InChI is InChI=1S/C26H36FN3O4S/c1-6-24(26(32)28-7-2)29(18-21-11-13-22(27)14-12-21)25(31)9-8-16-30(35(5,33)34)23-15-10-19(3)20(4)17-23/h10-15,17,24H,6-9,16,18H2,1-5H3,(H,28,32)/t24-/m1/s1. The van der Waals surface area contributed by atoms with E-state index in [1.54, 1.807) is 18.2 Å². The van der Waals surface area contributed by atoms with E-state index in [0.29, 0.717) is 24.2 Å². The number of likely N-dealkylation sites (N-methyl/N-ethyl adjacent to an activating group) is 1. The highest BCUT2D eigenvalue weighted by molar-refractivity contribution is 7.92. The number of rotatable bonds is 12. The van der Waals surface area contributed by atoms with E-state index in [1.807, 2.05) is 39.8 Å². The summed E-state index contributed by atoms with van der Waals surface area (Å²) in [6.07, 6.45) is 1.91. The van der Waals surface area contributed by atoms with E-state index in [-0.39, 0.29) is 43.6 Å². The molecule has 0 spiro atoms. The van der Waals surface area contributed by atoms with E-state index in [0.717, 1.165) is 17.4 Å².